The molecule has 1 N–H and O–H groups in total. The summed E-state index contributed by atoms with van der Waals surface area (Å²) < 4.78 is 16.6. The third-order valence-electron chi connectivity index (χ3n) is 4.96. The molecule has 2 aromatic heterocycles. The van der Waals surface area contributed by atoms with Crippen LogP contribution in [0.15, 0.2) is 42.7 Å². The van der Waals surface area contributed by atoms with E-state index < -0.39 is 0 Å². The molecule has 1 unspecified atom stereocenters. The summed E-state index contributed by atoms with van der Waals surface area (Å²) in [6, 6.07) is 9.41. The highest BCUT2D eigenvalue weighted by atomic mass is 16.7. The van der Waals surface area contributed by atoms with Crippen molar-refractivity contribution in [2.45, 2.75) is 18.9 Å². The number of likely N-dealkylation sites (tertiary alicyclic amines) is 1. The Bertz CT molecular complexity index is 1020. The number of fused-ring (bicyclic) bond motifs is 1. The van der Waals surface area contributed by atoms with Crippen LogP contribution in [-0.4, -0.2) is 57.0 Å². The molecule has 1 saturated heterocycles. The van der Waals surface area contributed by atoms with Gasteiger partial charge in [0.1, 0.15) is 11.8 Å². The number of H-pyrrole nitrogens is 1. The molecule has 9 nitrogen and oxygen atoms in total. The Balaban J connectivity index is 1.28. The number of ether oxygens (including phenoxy) is 3. The van der Waals surface area contributed by atoms with Crippen LogP contribution in [0.5, 0.6) is 17.5 Å². The molecule has 5 rings (SSSR count). The van der Waals surface area contributed by atoms with Gasteiger partial charge in [0, 0.05) is 24.5 Å². The van der Waals surface area contributed by atoms with E-state index in [9.17, 15) is 4.79 Å². The second-order valence-corrected chi connectivity index (χ2v) is 6.90. The average Bonchev–Trinajstić information content (AvgIpc) is 3.43. The summed E-state index contributed by atoms with van der Waals surface area (Å²) in [6.45, 7) is 1.37. The minimum absolute atomic E-state index is 0.105. The quantitative estimate of drug-likeness (QED) is 0.725. The average molecular weight is 393 g/mol. The van der Waals surface area contributed by atoms with Crippen molar-refractivity contribution < 1.29 is 19.0 Å². The number of hydrogen-bond acceptors (Lipinski definition) is 7. The Morgan fingerprint density at radius 2 is 2.03 bits per heavy atom. The molecule has 0 radical (unpaired) electrons. The third-order valence-corrected chi connectivity index (χ3v) is 4.96. The number of carbonyl (C=O) groups is 1. The van der Waals surface area contributed by atoms with Gasteiger partial charge in [-0.2, -0.15) is 5.10 Å². The standard InChI is InChI=1S/C20H19N5O4/c26-19(25-8-1-3-14(11-25)29-20-21-6-2-7-22-20)16-10-15(23-24-16)13-4-5-17-18(9-13)28-12-27-17/h2,4-7,9-10,14H,1,3,8,11-12H2,(H,23,24). The summed E-state index contributed by atoms with van der Waals surface area (Å²) in [5, 5.41) is 7.15. The van der Waals surface area contributed by atoms with E-state index in [1.54, 1.807) is 29.4 Å². The molecule has 0 spiro atoms. The fraction of sp³-hybridized carbons (Fsp3) is 0.300. The van der Waals surface area contributed by atoms with Crippen LogP contribution in [0.4, 0.5) is 0 Å². The number of aromatic nitrogens is 4. The molecule has 148 valence electrons. The molecule has 0 saturated carbocycles. The van der Waals surface area contributed by atoms with Gasteiger partial charge in [-0.15, -0.1) is 0 Å². The predicted molar refractivity (Wildman–Crippen MR) is 102 cm³/mol. The van der Waals surface area contributed by atoms with Crippen molar-refractivity contribution in [1.29, 1.82) is 0 Å². The van der Waals surface area contributed by atoms with Gasteiger partial charge in [-0.05, 0) is 43.2 Å². The summed E-state index contributed by atoms with van der Waals surface area (Å²) in [7, 11) is 0. The first kappa shape index (κ1) is 17.5. The monoisotopic (exact) mass is 393 g/mol. The molecule has 9 heteroatoms. The molecular formula is C20H19N5O4. The summed E-state index contributed by atoms with van der Waals surface area (Å²) in [5.41, 5.74) is 1.97. The van der Waals surface area contributed by atoms with E-state index in [2.05, 4.69) is 20.2 Å². The zero-order valence-electron chi connectivity index (χ0n) is 15.6. The maximum Gasteiger partial charge on any atom is 0.316 e. The van der Waals surface area contributed by atoms with E-state index >= 15 is 0 Å². The molecule has 4 heterocycles. The summed E-state index contributed by atoms with van der Waals surface area (Å²) >= 11 is 0. The van der Waals surface area contributed by atoms with Gasteiger partial charge >= 0.3 is 6.01 Å². The SMILES string of the molecule is O=C(c1cc(-c2ccc3c(c2)OCO3)n[nH]1)N1CCCC(Oc2ncccn2)C1. The summed E-state index contributed by atoms with van der Waals surface area (Å²) in [5.74, 6) is 1.28. The lowest BCUT2D eigenvalue weighted by atomic mass is 10.1. The predicted octanol–water partition coefficient (Wildman–Crippen LogP) is 2.28. The number of hydrogen-bond donors (Lipinski definition) is 1. The molecule has 29 heavy (non-hydrogen) atoms. The van der Waals surface area contributed by atoms with Crippen molar-refractivity contribution in [1.82, 2.24) is 25.1 Å². The van der Waals surface area contributed by atoms with E-state index in [1.165, 1.54) is 0 Å². The first-order valence-corrected chi connectivity index (χ1v) is 9.44. The summed E-state index contributed by atoms with van der Waals surface area (Å²) in [6.07, 6.45) is 4.85. The number of piperidine rings is 1. The first-order valence-electron chi connectivity index (χ1n) is 9.44. The molecule has 0 aliphatic carbocycles. The lowest BCUT2D eigenvalue weighted by Crippen LogP contribution is -2.44. The van der Waals surface area contributed by atoms with Crippen molar-refractivity contribution in [2.75, 3.05) is 19.9 Å². The van der Waals surface area contributed by atoms with Gasteiger partial charge in [0.05, 0.1) is 12.2 Å². The number of benzene rings is 1. The van der Waals surface area contributed by atoms with Crippen LogP contribution in [0.3, 0.4) is 0 Å². The molecule has 1 fully saturated rings. The molecule has 1 amide bonds. The van der Waals surface area contributed by atoms with Gasteiger partial charge in [0.2, 0.25) is 6.79 Å². The Kier molecular flexibility index (Phi) is 4.47. The second-order valence-electron chi connectivity index (χ2n) is 6.90. The van der Waals surface area contributed by atoms with Crippen LogP contribution in [-0.2, 0) is 0 Å². The van der Waals surface area contributed by atoms with Crippen molar-refractivity contribution in [2.24, 2.45) is 0 Å². The van der Waals surface area contributed by atoms with Gasteiger partial charge < -0.3 is 19.1 Å². The molecular weight excluding hydrogens is 374 g/mol. The zero-order chi connectivity index (χ0) is 19.6. The summed E-state index contributed by atoms with van der Waals surface area (Å²) in [4.78, 5) is 22.9. The van der Waals surface area contributed by atoms with Gasteiger partial charge in [-0.25, -0.2) is 9.97 Å². The highest BCUT2D eigenvalue weighted by Gasteiger charge is 2.27. The van der Waals surface area contributed by atoms with Gasteiger partial charge in [-0.1, -0.05) is 0 Å². The van der Waals surface area contributed by atoms with Crippen molar-refractivity contribution >= 4 is 5.91 Å². The van der Waals surface area contributed by atoms with E-state index in [4.69, 9.17) is 14.2 Å². The number of aromatic amines is 1. The van der Waals surface area contributed by atoms with Gasteiger partial charge in [0.15, 0.2) is 11.5 Å². The van der Waals surface area contributed by atoms with Gasteiger partial charge in [0.25, 0.3) is 5.91 Å². The van der Waals surface area contributed by atoms with E-state index in [0.29, 0.717) is 42.0 Å². The highest BCUT2D eigenvalue weighted by Crippen LogP contribution is 2.35. The Labute approximate surface area is 166 Å². The molecule has 1 aromatic carbocycles. The Hall–Kier alpha value is -3.62. The van der Waals surface area contributed by atoms with E-state index in [1.807, 2.05) is 18.2 Å². The molecule has 2 aliphatic heterocycles. The molecule has 0 bridgehead atoms. The van der Waals surface area contributed by atoms with Crippen LogP contribution in [0.2, 0.25) is 0 Å². The maximum absolute atomic E-state index is 13.0. The fourth-order valence-electron chi connectivity index (χ4n) is 3.52. The number of nitrogens with one attached hydrogen (secondary N) is 1. The highest BCUT2D eigenvalue weighted by molar-refractivity contribution is 5.93. The van der Waals surface area contributed by atoms with Crippen molar-refractivity contribution in [3.05, 3.63) is 48.4 Å². The minimum Gasteiger partial charge on any atom is -0.458 e. The van der Waals surface area contributed by atoms with Crippen LogP contribution >= 0.6 is 0 Å². The minimum atomic E-state index is -0.133. The molecule has 3 aromatic rings. The normalized spacial score (nSPS) is 17.9. The number of nitrogens with zero attached hydrogens (tertiary/aromatic N) is 4. The van der Waals surface area contributed by atoms with Crippen LogP contribution < -0.4 is 14.2 Å². The van der Waals surface area contributed by atoms with Crippen molar-refractivity contribution in [3.63, 3.8) is 0 Å². The van der Waals surface area contributed by atoms with Gasteiger partial charge in [-0.3, -0.25) is 9.89 Å². The number of rotatable bonds is 4. The second kappa shape index (κ2) is 7.42. The molecule has 2 aliphatic rings. The number of amides is 1. The van der Waals surface area contributed by atoms with Crippen LogP contribution in [0.1, 0.15) is 23.3 Å². The smallest absolute Gasteiger partial charge is 0.316 e. The molecule has 1 atom stereocenters. The van der Waals surface area contributed by atoms with Crippen LogP contribution in [0, 0.1) is 0 Å². The van der Waals surface area contributed by atoms with E-state index in [0.717, 1.165) is 18.4 Å². The zero-order valence-corrected chi connectivity index (χ0v) is 15.6. The van der Waals surface area contributed by atoms with Crippen LogP contribution in [0.25, 0.3) is 11.3 Å². The lowest BCUT2D eigenvalue weighted by molar-refractivity contribution is 0.0510. The fourth-order valence-corrected chi connectivity index (χ4v) is 3.52. The lowest BCUT2D eigenvalue weighted by Gasteiger charge is -2.31. The third kappa shape index (κ3) is 3.58. The van der Waals surface area contributed by atoms with Crippen molar-refractivity contribution in [3.8, 4) is 28.8 Å². The Morgan fingerprint density at radius 1 is 1.17 bits per heavy atom. The first-order chi connectivity index (χ1) is 14.3. The van der Waals surface area contributed by atoms with E-state index in [-0.39, 0.29) is 18.8 Å². The Morgan fingerprint density at radius 3 is 2.93 bits per heavy atom. The largest absolute Gasteiger partial charge is 0.458 e. The topological polar surface area (TPSA) is 102 Å². The maximum atomic E-state index is 13.0. The number of carbonyl (C=O) groups excluding carboxylic acids is 1.